The molecule has 0 radical (unpaired) electrons. The van der Waals surface area contributed by atoms with E-state index in [4.69, 9.17) is 15.2 Å². The fourth-order valence-corrected chi connectivity index (χ4v) is 3.35. The summed E-state index contributed by atoms with van der Waals surface area (Å²) in [4.78, 5) is 16.5. The molecule has 1 fully saturated rings. The van der Waals surface area contributed by atoms with Gasteiger partial charge in [-0.3, -0.25) is 4.90 Å². The molecule has 1 saturated heterocycles. The van der Waals surface area contributed by atoms with Gasteiger partial charge in [0, 0.05) is 52.0 Å². The average Bonchev–Trinajstić information content (AvgIpc) is 2.61. The van der Waals surface area contributed by atoms with E-state index in [-0.39, 0.29) is 18.2 Å². The molecule has 0 aliphatic carbocycles. The molecule has 1 aliphatic rings. The van der Waals surface area contributed by atoms with Gasteiger partial charge in [0.1, 0.15) is 5.60 Å². The van der Waals surface area contributed by atoms with Crippen LogP contribution in [0.15, 0.2) is 24.3 Å². The monoisotopic (exact) mass is 377 g/mol. The molecule has 1 aromatic rings. The van der Waals surface area contributed by atoms with E-state index >= 15 is 0 Å². The quantitative estimate of drug-likeness (QED) is 0.823. The maximum absolute atomic E-state index is 12.3. The summed E-state index contributed by atoms with van der Waals surface area (Å²) in [6, 6.07) is 8.85. The first-order valence-electron chi connectivity index (χ1n) is 9.77. The minimum atomic E-state index is -0.461. The van der Waals surface area contributed by atoms with Gasteiger partial charge in [-0.15, -0.1) is 0 Å². The predicted octanol–water partition coefficient (Wildman–Crippen LogP) is 3.34. The molecule has 0 saturated carbocycles. The zero-order chi connectivity index (χ0) is 20.0. The lowest BCUT2D eigenvalue weighted by Gasteiger charge is -2.39. The van der Waals surface area contributed by atoms with Crippen LogP contribution in [0.2, 0.25) is 0 Å². The predicted molar refractivity (Wildman–Crippen MR) is 108 cm³/mol. The number of piperazine rings is 1. The zero-order valence-electron chi connectivity index (χ0n) is 17.4. The lowest BCUT2D eigenvalue weighted by Crippen LogP contribution is -2.51. The number of amides is 1. The van der Waals surface area contributed by atoms with Gasteiger partial charge in [0.15, 0.2) is 0 Å². The van der Waals surface area contributed by atoms with E-state index in [1.807, 2.05) is 27.7 Å². The summed E-state index contributed by atoms with van der Waals surface area (Å²) in [5, 5.41) is 0. The molecule has 27 heavy (non-hydrogen) atoms. The van der Waals surface area contributed by atoms with E-state index in [0.29, 0.717) is 19.7 Å². The van der Waals surface area contributed by atoms with Crippen LogP contribution in [0.3, 0.4) is 0 Å². The van der Waals surface area contributed by atoms with Gasteiger partial charge < -0.3 is 20.1 Å². The summed E-state index contributed by atoms with van der Waals surface area (Å²) in [7, 11) is 1.73. The molecule has 6 heteroatoms. The minimum Gasteiger partial charge on any atom is -0.444 e. The second kappa shape index (κ2) is 9.53. The van der Waals surface area contributed by atoms with E-state index in [0.717, 1.165) is 25.1 Å². The van der Waals surface area contributed by atoms with Crippen molar-refractivity contribution in [1.29, 1.82) is 0 Å². The third kappa shape index (κ3) is 6.48. The van der Waals surface area contributed by atoms with Gasteiger partial charge in [0.2, 0.25) is 0 Å². The fraction of sp³-hybridized carbons (Fsp3) is 0.667. The summed E-state index contributed by atoms with van der Waals surface area (Å²) in [6.45, 7) is 11.4. The number of nitrogens with zero attached hydrogens (tertiary/aromatic N) is 2. The highest BCUT2D eigenvalue weighted by atomic mass is 16.6. The van der Waals surface area contributed by atoms with E-state index < -0.39 is 5.60 Å². The van der Waals surface area contributed by atoms with Crippen molar-refractivity contribution < 1.29 is 14.3 Å². The largest absolute Gasteiger partial charge is 0.444 e. The Morgan fingerprint density at radius 2 is 1.67 bits per heavy atom. The molecule has 1 unspecified atom stereocenters. The standard InChI is InChI=1S/C21H35N3O3/c1-16(22)17-6-8-18(9-7-17)19(10-15-26-5)23-11-13-24(14-12-23)20(25)27-21(2,3)4/h6-9,16,19H,10-15,22H2,1-5H3/t16-,19?/m0/s1. The second-order valence-corrected chi connectivity index (χ2v) is 8.26. The Hall–Kier alpha value is -1.63. The number of carbonyl (C=O) groups is 1. The first-order valence-corrected chi connectivity index (χ1v) is 9.77. The summed E-state index contributed by atoms with van der Waals surface area (Å²) < 4.78 is 10.8. The van der Waals surface area contributed by atoms with Crippen molar-refractivity contribution in [2.24, 2.45) is 5.73 Å². The van der Waals surface area contributed by atoms with Crippen LogP contribution in [0.5, 0.6) is 0 Å². The zero-order valence-corrected chi connectivity index (χ0v) is 17.4. The van der Waals surface area contributed by atoms with Gasteiger partial charge in [0.25, 0.3) is 0 Å². The molecule has 152 valence electrons. The Kier molecular flexibility index (Phi) is 7.65. The Morgan fingerprint density at radius 3 is 2.15 bits per heavy atom. The highest BCUT2D eigenvalue weighted by Gasteiger charge is 2.29. The maximum Gasteiger partial charge on any atom is 0.410 e. The van der Waals surface area contributed by atoms with Crippen molar-refractivity contribution in [2.75, 3.05) is 39.9 Å². The molecule has 1 heterocycles. The Bertz CT molecular complexity index is 588. The van der Waals surface area contributed by atoms with Crippen LogP contribution in [-0.4, -0.2) is 61.4 Å². The average molecular weight is 378 g/mol. The highest BCUT2D eigenvalue weighted by molar-refractivity contribution is 5.68. The molecule has 2 N–H and O–H groups in total. The normalized spacial score (nSPS) is 18.2. The van der Waals surface area contributed by atoms with Gasteiger partial charge in [-0.25, -0.2) is 4.79 Å². The van der Waals surface area contributed by atoms with Gasteiger partial charge in [0.05, 0.1) is 0 Å². The lowest BCUT2D eigenvalue weighted by atomic mass is 9.98. The number of hydrogen-bond donors (Lipinski definition) is 1. The topological polar surface area (TPSA) is 68.0 Å². The third-order valence-corrected chi connectivity index (χ3v) is 4.85. The SMILES string of the molecule is COCCC(c1ccc([C@H](C)N)cc1)N1CCN(C(=O)OC(C)(C)C)CC1. The van der Waals surface area contributed by atoms with Crippen LogP contribution in [-0.2, 0) is 9.47 Å². The molecule has 0 bridgehead atoms. The van der Waals surface area contributed by atoms with E-state index in [2.05, 4.69) is 29.2 Å². The molecule has 2 atom stereocenters. The van der Waals surface area contributed by atoms with Crippen LogP contribution in [0.1, 0.15) is 57.3 Å². The van der Waals surface area contributed by atoms with E-state index in [1.54, 1.807) is 12.0 Å². The van der Waals surface area contributed by atoms with Crippen molar-refractivity contribution >= 4 is 6.09 Å². The molecular formula is C21H35N3O3. The second-order valence-electron chi connectivity index (χ2n) is 8.26. The fourth-order valence-electron chi connectivity index (χ4n) is 3.35. The maximum atomic E-state index is 12.3. The Morgan fingerprint density at radius 1 is 1.11 bits per heavy atom. The van der Waals surface area contributed by atoms with Crippen molar-refractivity contribution in [2.45, 2.75) is 51.8 Å². The molecule has 6 nitrogen and oxygen atoms in total. The van der Waals surface area contributed by atoms with Gasteiger partial charge in [-0.2, -0.15) is 0 Å². The van der Waals surface area contributed by atoms with Crippen molar-refractivity contribution in [3.63, 3.8) is 0 Å². The number of benzene rings is 1. The first kappa shape index (κ1) is 21.7. The van der Waals surface area contributed by atoms with Crippen molar-refractivity contribution in [1.82, 2.24) is 9.80 Å². The summed E-state index contributed by atoms with van der Waals surface area (Å²) in [6.07, 6.45) is 0.692. The number of ether oxygens (including phenoxy) is 2. The smallest absolute Gasteiger partial charge is 0.410 e. The number of carbonyl (C=O) groups excluding carboxylic acids is 1. The number of rotatable bonds is 6. The first-order chi connectivity index (χ1) is 12.7. The lowest BCUT2D eigenvalue weighted by molar-refractivity contribution is 0.00830. The van der Waals surface area contributed by atoms with Crippen LogP contribution in [0.4, 0.5) is 4.79 Å². The minimum absolute atomic E-state index is 0.0360. The molecule has 1 amide bonds. The van der Waals surface area contributed by atoms with Crippen LogP contribution < -0.4 is 5.73 Å². The molecule has 1 aromatic carbocycles. The molecule has 0 spiro atoms. The van der Waals surface area contributed by atoms with Crippen molar-refractivity contribution in [3.05, 3.63) is 35.4 Å². The van der Waals surface area contributed by atoms with Crippen molar-refractivity contribution in [3.8, 4) is 0 Å². The highest BCUT2D eigenvalue weighted by Crippen LogP contribution is 2.27. The van der Waals surface area contributed by atoms with Gasteiger partial charge in [-0.05, 0) is 45.2 Å². The summed E-state index contributed by atoms with van der Waals surface area (Å²) in [5.41, 5.74) is 7.91. The molecule has 0 aromatic heterocycles. The number of nitrogens with two attached hydrogens (primary N) is 1. The van der Waals surface area contributed by atoms with E-state index in [9.17, 15) is 4.79 Å². The van der Waals surface area contributed by atoms with Crippen LogP contribution in [0.25, 0.3) is 0 Å². The van der Waals surface area contributed by atoms with Gasteiger partial charge >= 0.3 is 6.09 Å². The van der Waals surface area contributed by atoms with Crippen LogP contribution >= 0.6 is 0 Å². The number of hydrogen-bond acceptors (Lipinski definition) is 5. The Labute approximate surface area is 163 Å². The van der Waals surface area contributed by atoms with Gasteiger partial charge in [-0.1, -0.05) is 24.3 Å². The third-order valence-electron chi connectivity index (χ3n) is 4.85. The molecular weight excluding hydrogens is 342 g/mol. The summed E-state index contributed by atoms with van der Waals surface area (Å²) in [5.74, 6) is 0. The van der Waals surface area contributed by atoms with E-state index in [1.165, 1.54) is 5.56 Å². The molecule has 2 rings (SSSR count). The number of methoxy groups -OCH3 is 1. The van der Waals surface area contributed by atoms with Crippen LogP contribution in [0, 0.1) is 0 Å². The summed E-state index contributed by atoms with van der Waals surface area (Å²) >= 11 is 0. The Balaban J connectivity index is 2.02. The molecule has 1 aliphatic heterocycles.